The summed E-state index contributed by atoms with van der Waals surface area (Å²) in [5.74, 6) is -0.535. The molecule has 23 heavy (non-hydrogen) atoms. The summed E-state index contributed by atoms with van der Waals surface area (Å²) >= 11 is 0. The lowest BCUT2D eigenvalue weighted by molar-refractivity contribution is -0.160. The van der Waals surface area contributed by atoms with Gasteiger partial charge in [-0.15, -0.1) is 0 Å². The molecule has 0 spiro atoms. The SMILES string of the molecule is CCC(CC(=O)N1CCC1C(=O)OC)N(C)C(=O)OC(C)(C)C. The van der Waals surface area contributed by atoms with Crippen LogP contribution in [0, 0.1) is 0 Å². The van der Waals surface area contributed by atoms with Crippen LogP contribution >= 0.6 is 0 Å². The van der Waals surface area contributed by atoms with Crippen molar-refractivity contribution in [2.45, 2.75) is 64.6 Å². The molecule has 0 saturated carbocycles. The van der Waals surface area contributed by atoms with Crippen molar-refractivity contribution in [1.29, 1.82) is 0 Å². The minimum absolute atomic E-state index is 0.145. The van der Waals surface area contributed by atoms with Crippen LogP contribution in [0.1, 0.15) is 47.0 Å². The molecule has 0 radical (unpaired) electrons. The second kappa shape index (κ2) is 7.66. The first-order valence-corrected chi connectivity index (χ1v) is 7.93. The topological polar surface area (TPSA) is 76.2 Å². The highest BCUT2D eigenvalue weighted by molar-refractivity contribution is 5.86. The van der Waals surface area contributed by atoms with Crippen LogP contribution in [0.4, 0.5) is 4.79 Å². The number of ether oxygens (including phenoxy) is 2. The van der Waals surface area contributed by atoms with E-state index in [1.54, 1.807) is 27.8 Å². The van der Waals surface area contributed by atoms with Gasteiger partial charge < -0.3 is 19.3 Å². The van der Waals surface area contributed by atoms with E-state index in [1.165, 1.54) is 16.9 Å². The first kappa shape index (κ1) is 19.3. The molecule has 1 fully saturated rings. The van der Waals surface area contributed by atoms with E-state index < -0.39 is 23.7 Å². The van der Waals surface area contributed by atoms with Crippen LogP contribution in [0.15, 0.2) is 0 Å². The minimum atomic E-state index is -0.582. The predicted molar refractivity (Wildman–Crippen MR) is 84.8 cm³/mol. The maximum Gasteiger partial charge on any atom is 0.410 e. The molecule has 1 heterocycles. The summed E-state index contributed by atoms with van der Waals surface area (Å²) in [7, 11) is 2.94. The number of hydrogen-bond donors (Lipinski definition) is 0. The van der Waals surface area contributed by atoms with E-state index in [1.807, 2.05) is 6.92 Å². The van der Waals surface area contributed by atoms with Crippen molar-refractivity contribution in [3.05, 3.63) is 0 Å². The van der Waals surface area contributed by atoms with Gasteiger partial charge in [-0.2, -0.15) is 0 Å². The first-order chi connectivity index (χ1) is 10.6. The highest BCUT2D eigenvalue weighted by atomic mass is 16.6. The van der Waals surface area contributed by atoms with Gasteiger partial charge in [-0.1, -0.05) is 6.92 Å². The van der Waals surface area contributed by atoms with Crippen LogP contribution < -0.4 is 0 Å². The molecule has 1 rings (SSSR count). The Hall–Kier alpha value is -1.79. The zero-order valence-electron chi connectivity index (χ0n) is 14.9. The van der Waals surface area contributed by atoms with E-state index in [2.05, 4.69) is 4.74 Å². The van der Waals surface area contributed by atoms with Crippen molar-refractivity contribution >= 4 is 18.0 Å². The number of amides is 2. The molecule has 2 amide bonds. The Morgan fingerprint density at radius 3 is 2.30 bits per heavy atom. The maximum atomic E-state index is 12.4. The molecule has 2 unspecified atom stereocenters. The summed E-state index contributed by atoms with van der Waals surface area (Å²) in [4.78, 5) is 39.0. The third kappa shape index (κ3) is 5.11. The number of carbonyl (C=O) groups is 3. The van der Waals surface area contributed by atoms with Gasteiger partial charge in [-0.05, 0) is 33.6 Å². The first-order valence-electron chi connectivity index (χ1n) is 7.93. The van der Waals surface area contributed by atoms with Gasteiger partial charge in [0.25, 0.3) is 0 Å². The average molecular weight is 328 g/mol. The van der Waals surface area contributed by atoms with Crippen molar-refractivity contribution in [1.82, 2.24) is 9.80 Å². The molecule has 0 bridgehead atoms. The lowest BCUT2D eigenvalue weighted by Gasteiger charge is -2.40. The van der Waals surface area contributed by atoms with E-state index >= 15 is 0 Å². The Labute approximate surface area is 137 Å². The molecule has 7 heteroatoms. The Morgan fingerprint density at radius 2 is 1.91 bits per heavy atom. The fraction of sp³-hybridized carbons (Fsp3) is 0.812. The summed E-state index contributed by atoms with van der Waals surface area (Å²) < 4.78 is 10.0. The number of likely N-dealkylation sites (tertiary alicyclic amines) is 1. The van der Waals surface area contributed by atoms with Crippen LogP contribution in [0.2, 0.25) is 0 Å². The molecule has 2 atom stereocenters. The third-order valence-electron chi connectivity index (χ3n) is 3.92. The Bertz CT molecular complexity index is 458. The van der Waals surface area contributed by atoms with Crippen LogP contribution in [0.3, 0.4) is 0 Å². The van der Waals surface area contributed by atoms with Gasteiger partial charge >= 0.3 is 12.1 Å². The predicted octanol–water partition coefficient (Wildman–Crippen LogP) is 1.80. The number of rotatable bonds is 5. The summed E-state index contributed by atoms with van der Waals surface area (Å²) in [5.41, 5.74) is -0.582. The number of methoxy groups -OCH3 is 1. The van der Waals surface area contributed by atoms with Gasteiger partial charge in [0.05, 0.1) is 7.11 Å². The molecule has 7 nitrogen and oxygen atoms in total. The quantitative estimate of drug-likeness (QED) is 0.719. The van der Waals surface area contributed by atoms with Crippen molar-refractivity contribution in [3.63, 3.8) is 0 Å². The van der Waals surface area contributed by atoms with E-state index in [-0.39, 0.29) is 18.4 Å². The molecule has 132 valence electrons. The second-order valence-corrected chi connectivity index (χ2v) is 6.77. The molecule has 1 aliphatic heterocycles. The van der Waals surface area contributed by atoms with Gasteiger partial charge in [-0.3, -0.25) is 4.79 Å². The third-order valence-corrected chi connectivity index (χ3v) is 3.92. The van der Waals surface area contributed by atoms with Crippen LogP contribution in [-0.4, -0.2) is 66.2 Å². The van der Waals surface area contributed by atoms with E-state index in [9.17, 15) is 14.4 Å². The molecule has 0 aromatic rings. The van der Waals surface area contributed by atoms with Gasteiger partial charge in [0.1, 0.15) is 11.6 Å². The van der Waals surface area contributed by atoms with Crippen molar-refractivity contribution < 1.29 is 23.9 Å². The molecule has 0 N–H and O–H groups in total. The van der Waals surface area contributed by atoms with Crippen LogP contribution in [0.25, 0.3) is 0 Å². The van der Waals surface area contributed by atoms with Crippen molar-refractivity contribution in [2.24, 2.45) is 0 Å². The number of nitrogens with zero attached hydrogens (tertiary/aromatic N) is 2. The van der Waals surface area contributed by atoms with Crippen LogP contribution in [0.5, 0.6) is 0 Å². The normalized spacial score (nSPS) is 18.7. The number of carbonyl (C=O) groups excluding carboxylic acids is 3. The lowest BCUT2D eigenvalue weighted by atomic mass is 10.0. The zero-order valence-corrected chi connectivity index (χ0v) is 14.9. The van der Waals surface area contributed by atoms with Gasteiger partial charge in [0, 0.05) is 26.1 Å². The second-order valence-electron chi connectivity index (χ2n) is 6.77. The highest BCUT2D eigenvalue weighted by Crippen LogP contribution is 2.22. The van der Waals surface area contributed by atoms with Gasteiger partial charge in [0.15, 0.2) is 0 Å². The monoisotopic (exact) mass is 328 g/mol. The molecule has 1 aliphatic rings. The number of hydrogen-bond acceptors (Lipinski definition) is 5. The Balaban J connectivity index is 2.63. The minimum Gasteiger partial charge on any atom is -0.467 e. The molecular weight excluding hydrogens is 300 g/mol. The highest BCUT2D eigenvalue weighted by Gasteiger charge is 2.39. The molecule has 1 saturated heterocycles. The van der Waals surface area contributed by atoms with Crippen molar-refractivity contribution in [3.8, 4) is 0 Å². The smallest absolute Gasteiger partial charge is 0.410 e. The fourth-order valence-corrected chi connectivity index (χ4v) is 2.42. The van der Waals surface area contributed by atoms with Gasteiger partial charge in [-0.25, -0.2) is 9.59 Å². The van der Waals surface area contributed by atoms with Crippen LogP contribution in [-0.2, 0) is 19.1 Å². The number of esters is 1. The molecule has 0 aromatic heterocycles. The van der Waals surface area contributed by atoms with Gasteiger partial charge in [0.2, 0.25) is 5.91 Å². The Morgan fingerprint density at radius 1 is 1.30 bits per heavy atom. The summed E-state index contributed by atoms with van der Waals surface area (Å²) in [6.45, 7) is 7.85. The Kier molecular flexibility index (Phi) is 6.41. The largest absolute Gasteiger partial charge is 0.467 e. The molecule has 0 aromatic carbocycles. The van der Waals surface area contributed by atoms with Crippen molar-refractivity contribution in [2.75, 3.05) is 20.7 Å². The zero-order chi connectivity index (χ0) is 17.8. The average Bonchev–Trinajstić information content (AvgIpc) is 2.40. The standard InChI is InChI=1S/C16H28N2O5/c1-7-11(17(5)15(21)23-16(2,3)4)10-13(19)18-9-8-12(18)14(20)22-6/h11-12H,7-10H2,1-6H3. The van der Waals surface area contributed by atoms with E-state index in [0.29, 0.717) is 19.4 Å². The van der Waals surface area contributed by atoms with E-state index in [4.69, 9.17) is 4.74 Å². The molecule has 0 aliphatic carbocycles. The summed E-state index contributed by atoms with van der Waals surface area (Å²) in [5, 5.41) is 0. The fourth-order valence-electron chi connectivity index (χ4n) is 2.42. The molecular formula is C16H28N2O5. The maximum absolute atomic E-state index is 12.4. The summed E-state index contributed by atoms with van der Waals surface area (Å²) in [6.07, 6.45) is 0.958. The lowest BCUT2D eigenvalue weighted by Crippen LogP contribution is -2.56. The van der Waals surface area contributed by atoms with E-state index in [0.717, 1.165) is 0 Å². The summed E-state index contributed by atoms with van der Waals surface area (Å²) in [6, 6.07) is -0.756.